The smallest absolute Gasteiger partial charge is 0.155 e. The zero-order valence-corrected chi connectivity index (χ0v) is 21.5. The summed E-state index contributed by atoms with van der Waals surface area (Å²) in [5.41, 5.74) is 0.690. The molecule has 0 radical (unpaired) electrons. The van der Waals surface area contributed by atoms with Gasteiger partial charge in [-0.3, -0.25) is 4.79 Å². The van der Waals surface area contributed by atoms with Crippen molar-refractivity contribution in [3.63, 3.8) is 0 Å². The average molecular weight is 468 g/mol. The van der Waals surface area contributed by atoms with Gasteiger partial charge in [0.1, 0.15) is 0 Å². The first-order valence-corrected chi connectivity index (χ1v) is 13.9. The lowest BCUT2D eigenvalue weighted by Crippen LogP contribution is -2.52. The molecule has 0 heterocycles. The Kier molecular flexibility index (Phi) is 6.85. The fourth-order valence-corrected chi connectivity index (χ4v) is 9.03. The highest BCUT2D eigenvalue weighted by molar-refractivity contribution is 5.86. The number of carbonyl (C=O) groups is 1. The molecule has 4 nitrogen and oxygen atoms in total. The topological polar surface area (TPSA) is 49.8 Å². The summed E-state index contributed by atoms with van der Waals surface area (Å²) in [5.74, 6) is 4.36. The maximum Gasteiger partial charge on any atom is 0.155 e. The summed E-state index contributed by atoms with van der Waals surface area (Å²) in [4.78, 5) is 15.7. The van der Waals surface area contributed by atoms with Crippen molar-refractivity contribution in [3.8, 4) is 0 Å². The van der Waals surface area contributed by atoms with Gasteiger partial charge in [-0.25, -0.2) is 0 Å². The minimum absolute atomic E-state index is 0.174. The Balaban J connectivity index is 1.25. The summed E-state index contributed by atoms with van der Waals surface area (Å²) in [7, 11) is 2.05. The quantitative estimate of drug-likeness (QED) is 0.556. The molecule has 0 bridgehead atoms. The maximum absolute atomic E-state index is 13.6. The van der Waals surface area contributed by atoms with Gasteiger partial charge < -0.3 is 14.7 Å². The van der Waals surface area contributed by atoms with Crippen LogP contribution in [0.25, 0.3) is 0 Å². The van der Waals surface area contributed by atoms with Gasteiger partial charge in [0.15, 0.2) is 5.78 Å². The highest BCUT2D eigenvalue weighted by Crippen LogP contribution is 2.64. The number of aliphatic hydroxyl groups is 1. The molecule has 34 heavy (non-hydrogen) atoms. The first-order chi connectivity index (χ1) is 16.3. The van der Waals surface area contributed by atoms with E-state index in [9.17, 15) is 9.90 Å². The number of fused-ring (bicyclic) bond motifs is 5. The molecule has 0 aromatic heterocycles. The van der Waals surface area contributed by atoms with Crippen molar-refractivity contribution in [3.05, 3.63) is 30.3 Å². The highest BCUT2D eigenvalue weighted by Gasteiger charge is 2.59. The zero-order valence-electron chi connectivity index (χ0n) is 21.5. The molecule has 4 aliphatic rings. The molecule has 8 atom stereocenters. The van der Waals surface area contributed by atoms with Crippen LogP contribution in [0.15, 0.2) is 30.3 Å². The number of nitrogens with zero attached hydrogens (tertiary/aromatic N) is 1. The van der Waals surface area contributed by atoms with Crippen molar-refractivity contribution < 1.29 is 14.6 Å². The number of hydrogen-bond donors (Lipinski definition) is 1. The van der Waals surface area contributed by atoms with Gasteiger partial charge in [0.05, 0.1) is 18.8 Å². The molecular formula is C30H45NO3. The fourth-order valence-electron chi connectivity index (χ4n) is 9.03. The summed E-state index contributed by atoms with van der Waals surface area (Å²) in [5, 5.41) is 11.1. The normalized spacial score (nSPS) is 41.3. The van der Waals surface area contributed by atoms with E-state index in [2.05, 4.69) is 31.0 Å². The number of Topliss-reactive ketones (excluding diaryl/α,β-unsaturated/α-hetero) is 1. The van der Waals surface area contributed by atoms with E-state index in [4.69, 9.17) is 4.74 Å². The molecule has 4 heteroatoms. The van der Waals surface area contributed by atoms with Crippen LogP contribution in [-0.2, 0) is 9.53 Å². The lowest BCUT2D eigenvalue weighted by molar-refractivity contribution is -0.136. The number of ether oxygens (including phenoxy) is 1. The number of benzene rings is 1. The van der Waals surface area contributed by atoms with Crippen LogP contribution in [0.1, 0.15) is 71.6 Å². The van der Waals surface area contributed by atoms with E-state index in [0.717, 1.165) is 49.1 Å². The third kappa shape index (κ3) is 4.34. The van der Waals surface area contributed by atoms with Gasteiger partial charge >= 0.3 is 0 Å². The SMILES string of the molecule is CCOC[C@@]1(O)CCC2C(CCC3C2CCC2(C)C(C(=O)CN(C)c4ccccc4)CCC32)C1. The fraction of sp³-hybridized carbons (Fsp3) is 0.767. The molecule has 1 aromatic rings. The summed E-state index contributed by atoms with van der Waals surface area (Å²) in [6, 6.07) is 10.3. The van der Waals surface area contributed by atoms with Gasteiger partial charge in [-0.05, 0) is 112 Å². The van der Waals surface area contributed by atoms with E-state index >= 15 is 0 Å². The van der Waals surface area contributed by atoms with Crippen LogP contribution in [0.2, 0.25) is 0 Å². The third-order valence-electron chi connectivity index (χ3n) is 10.7. The second-order valence-electron chi connectivity index (χ2n) is 12.4. The summed E-state index contributed by atoms with van der Waals surface area (Å²) in [6.07, 6.45) is 10.3. The minimum atomic E-state index is -0.608. The standard InChI is InChI=1S/C30H45NO3/c1-4-34-20-30(33)17-15-23-21(18-30)10-11-25-24(23)14-16-29(2)26(25)12-13-27(29)28(32)19-31(3)22-8-6-5-7-9-22/h5-9,21,23-27,33H,4,10-20H2,1-3H3/t21?,23?,24?,25?,26?,27?,29?,30-/m1/s1. The molecular weight excluding hydrogens is 422 g/mol. The minimum Gasteiger partial charge on any atom is -0.387 e. The van der Waals surface area contributed by atoms with Gasteiger partial charge in [0.2, 0.25) is 0 Å². The molecule has 0 spiro atoms. The Bertz CT molecular complexity index is 858. The second-order valence-corrected chi connectivity index (χ2v) is 12.4. The predicted octanol–water partition coefficient (Wildman–Crippen LogP) is 5.73. The Morgan fingerprint density at radius 1 is 1.03 bits per heavy atom. The average Bonchev–Trinajstić information content (AvgIpc) is 3.20. The van der Waals surface area contributed by atoms with Crippen LogP contribution in [0, 0.1) is 40.9 Å². The number of carbonyl (C=O) groups excluding carboxylic acids is 1. The number of rotatable bonds is 7. The first-order valence-electron chi connectivity index (χ1n) is 13.9. The molecule has 188 valence electrons. The Labute approximate surface area is 206 Å². The summed E-state index contributed by atoms with van der Waals surface area (Å²) >= 11 is 0. The van der Waals surface area contributed by atoms with E-state index < -0.39 is 5.60 Å². The van der Waals surface area contributed by atoms with Gasteiger partial charge in [-0.2, -0.15) is 0 Å². The maximum atomic E-state index is 13.6. The van der Waals surface area contributed by atoms with Crippen molar-refractivity contribution in [2.75, 3.05) is 31.7 Å². The zero-order chi connectivity index (χ0) is 23.9. The van der Waals surface area contributed by atoms with E-state index in [1.54, 1.807) is 0 Å². The number of ketones is 1. The van der Waals surface area contributed by atoms with Crippen LogP contribution < -0.4 is 4.90 Å². The summed E-state index contributed by atoms with van der Waals surface area (Å²) < 4.78 is 5.64. The molecule has 0 amide bonds. The number of likely N-dealkylation sites (N-methyl/N-ethyl adjacent to an activating group) is 1. The predicted molar refractivity (Wildman–Crippen MR) is 137 cm³/mol. The van der Waals surface area contributed by atoms with E-state index in [1.165, 1.54) is 32.1 Å². The summed E-state index contributed by atoms with van der Waals surface area (Å²) in [6.45, 7) is 6.18. The van der Waals surface area contributed by atoms with E-state index in [1.807, 2.05) is 25.1 Å². The monoisotopic (exact) mass is 467 g/mol. The van der Waals surface area contributed by atoms with E-state index in [0.29, 0.717) is 37.4 Å². The second kappa shape index (κ2) is 9.58. The molecule has 4 fully saturated rings. The van der Waals surface area contributed by atoms with Crippen LogP contribution in [0.4, 0.5) is 5.69 Å². The van der Waals surface area contributed by atoms with Crippen LogP contribution in [0.3, 0.4) is 0 Å². The molecule has 4 saturated carbocycles. The lowest BCUT2D eigenvalue weighted by Gasteiger charge is -2.57. The van der Waals surface area contributed by atoms with Crippen molar-refractivity contribution in [2.24, 2.45) is 40.9 Å². The first kappa shape index (κ1) is 24.3. The van der Waals surface area contributed by atoms with Crippen LogP contribution in [0.5, 0.6) is 0 Å². The Hall–Kier alpha value is -1.39. The molecule has 0 aliphatic heterocycles. The van der Waals surface area contributed by atoms with E-state index in [-0.39, 0.29) is 11.3 Å². The Morgan fingerprint density at radius 2 is 1.79 bits per heavy atom. The van der Waals surface area contributed by atoms with Gasteiger partial charge in [0.25, 0.3) is 0 Å². The Morgan fingerprint density at radius 3 is 2.56 bits per heavy atom. The molecule has 0 saturated heterocycles. The van der Waals surface area contributed by atoms with Gasteiger partial charge in [0, 0.05) is 25.3 Å². The number of anilines is 1. The highest BCUT2D eigenvalue weighted by atomic mass is 16.5. The largest absolute Gasteiger partial charge is 0.387 e. The molecule has 7 unspecified atom stereocenters. The molecule has 4 aliphatic carbocycles. The van der Waals surface area contributed by atoms with Crippen molar-refractivity contribution in [1.29, 1.82) is 0 Å². The van der Waals surface area contributed by atoms with Crippen molar-refractivity contribution in [1.82, 2.24) is 0 Å². The van der Waals surface area contributed by atoms with Crippen molar-refractivity contribution in [2.45, 2.75) is 77.2 Å². The molecule has 5 rings (SSSR count). The van der Waals surface area contributed by atoms with Crippen LogP contribution in [-0.4, -0.2) is 43.3 Å². The van der Waals surface area contributed by atoms with Gasteiger partial charge in [-0.1, -0.05) is 25.1 Å². The number of para-hydroxylation sites is 1. The third-order valence-corrected chi connectivity index (χ3v) is 10.7. The molecule has 1 aromatic carbocycles. The van der Waals surface area contributed by atoms with Gasteiger partial charge in [-0.15, -0.1) is 0 Å². The molecule has 1 N–H and O–H groups in total. The lowest BCUT2D eigenvalue weighted by atomic mass is 9.49. The van der Waals surface area contributed by atoms with Crippen LogP contribution >= 0.6 is 0 Å². The number of hydrogen-bond acceptors (Lipinski definition) is 4. The van der Waals surface area contributed by atoms with Crippen molar-refractivity contribution >= 4 is 11.5 Å².